The summed E-state index contributed by atoms with van der Waals surface area (Å²) in [4.78, 5) is 0. The Balaban J connectivity index is 1.95. The lowest BCUT2D eigenvalue weighted by molar-refractivity contribution is 0.171. The van der Waals surface area contributed by atoms with Crippen LogP contribution in [0.4, 0.5) is 0 Å². The van der Waals surface area contributed by atoms with Crippen molar-refractivity contribution in [1.82, 2.24) is 0 Å². The van der Waals surface area contributed by atoms with Crippen molar-refractivity contribution in [1.29, 1.82) is 0 Å². The van der Waals surface area contributed by atoms with Gasteiger partial charge in [-0.3, -0.25) is 0 Å². The largest absolute Gasteiger partial charge is 0.486 e. The molecule has 2 aliphatic heterocycles. The first-order valence-corrected chi connectivity index (χ1v) is 9.56. The van der Waals surface area contributed by atoms with Crippen molar-refractivity contribution < 1.29 is 17.9 Å². The van der Waals surface area contributed by atoms with Gasteiger partial charge in [-0.15, -0.1) is 0 Å². The minimum absolute atomic E-state index is 0.230. The minimum Gasteiger partial charge on any atom is -0.486 e. The first-order chi connectivity index (χ1) is 9.99. The molecule has 0 spiro atoms. The molecule has 5 nitrogen and oxygen atoms in total. The zero-order valence-electron chi connectivity index (χ0n) is 11.5. The maximum absolute atomic E-state index is 12.2. The number of benzene rings is 1. The van der Waals surface area contributed by atoms with Crippen LogP contribution in [0.3, 0.4) is 0 Å². The van der Waals surface area contributed by atoms with E-state index in [4.69, 9.17) is 15.2 Å². The highest BCUT2D eigenvalue weighted by Crippen LogP contribution is 2.40. The second-order valence-electron chi connectivity index (χ2n) is 5.44. The van der Waals surface area contributed by atoms with Crippen LogP contribution in [-0.4, -0.2) is 32.6 Å². The van der Waals surface area contributed by atoms with E-state index in [0.717, 1.165) is 22.9 Å². The molecule has 1 saturated heterocycles. The number of fused-ring (bicyclic) bond motifs is 1. The highest BCUT2D eigenvalue weighted by Gasteiger charge is 2.35. The van der Waals surface area contributed by atoms with Gasteiger partial charge in [0.1, 0.15) is 13.2 Å². The van der Waals surface area contributed by atoms with Gasteiger partial charge >= 0.3 is 0 Å². The van der Waals surface area contributed by atoms with Crippen molar-refractivity contribution in [2.45, 2.75) is 30.6 Å². The summed E-state index contributed by atoms with van der Waals surface area (Å²) >= 11 is 3.47. The van der Waals surface area contributed by atoms with Gasteiger partial charge in [-0.1, -0.05) is 22.4 Å². The predicted molar refractivity (Wildman–Crippen MR) is 83.5 cm³/mol. The molecule has 2 heterocycles. The van der Waals surface area contributed by atoms with E-state index in [0.29, 0.717) is 31.1 Å². The summed E-state index contributed by atoms with van der Waals surface area (Å²) in [5.41, 5.74) is 7.03. The van der Waals surface area contributed by atoms with Gasteiger partial charge in [-0.05, 0) is 30.5 Å². The maximum Gasteiger partial charge on any atom is 0.162 e. The Morgan fingerprint density at radius 3 is 2.52 bits per heavy atom. The molecule has 2 N–H and O–H groups in total. The van der Waals surface area contributed by atoms with Crippen LogP contribution in [0, 0.1) is 0 Å². The van der Waals surface area contributed by atoms with E-state index < -0.39 is 21.1 Å². The minimum atomic E-state index is -3.13. The van der Waals surface area contributed by atoms with Crippen LogP contribution in [0.5, 0.6) is 11.5 Å². The Morgan fingerprint density at radius 1 is 1.19 bits per heavy atom. The molecule has 2 unspecified atom stereocenters. The van der Waals surface area contributed by atoms with Crippen LogP contribution in [0.25, 0.3) is 0 Å². The van der Waals surface area contributed by atoms with Gasteiger partial charge in [-0.25, -0.2) is 8.42 Å². The average Bonchev–Trinajstić information content (AvgIpc) is 2.45. The third-order valence-electron chi connectivity index (χ3n) is 4.05. The Bertz CT molecular complexity index is 647. The Morgan fingerprint density at radius 2 is 1.86 bits per heavy atom. The standard InChI is InChI=1S/C14H18BrNO4S/c15-10-8-12-11(19-4-5-20-12)7-9(10)14(16)13-3-1-2-6-21(13,17)18/h7-8,13-14H,1-6,16H2. The molecule has 0 bridgehead atoms. The number of rotatable bonds is 2. The van der Waals surface area contributed by atoms with E-state index in [-0.39, 0.29) is 5.75 Å². The Kier molecular flexibility index (Phi) is 4.16. The summed E-state index contributed by atoms with van der Waals surface area (Å²) in [6, 6.07) is 3.05. The van der Waals surface area contributed by atoms with E-state index in [9.17, 15) is 8.42 Å². The van der Waals surface area contributed by atoms with E-state index in [1.54, 1.807) is 12.1 Å². The zero-order valence-corrected chi connectivity index (χ0v) is 14.0. The third-order valence-corrected chi connectivity index (χ3v) is 7.05. The van der Waals surface area contributed by atoms with Crippen molar-refractivity contribution in [3.63, 3.8) is 0 Å². The van der Waals surface area contributed by atoms with Gasteiger partial charge in [-0.2, -0.15) is 0 Å². The molecule has 0 amide bonds. The molecule has 0 aromatic heterocycles. The average molecular weight is 376 g/mol. The van der Waals surface area contributed by atoms with Crippen LogP contribution in [0.15, 0.2) is 16.6 Å². The fourth-order valence-electron chi connectivity index (χ4n) is 2.92. The predicted octanol–water partition coefficient (Wildman–Crippen LogP) is 2.19. The van der Waals surface area contributed by atoms with Crippen LogP contribution in [0.1, 0.15) is 30.9 Å². The number of nitrogens with two attached hydrogens (primary N) is 1. The molecule has 1 fully saturated rings. The van der Waals surface area contributed by atoms with Gasteiger partial charge in [0, 0.05) is 10.5 Å². The number of halogens is 1. The van der Waals surface area contributed by atoms with Gasteiger partial charge in [0.15, 0.2) is 21.3 Å². The third kappa shape index (κ3) is 2.91. The first-order valence-electron chi connectivity index (χ1n) is 7.05. The molecule has 1 aromatic rings. The van der Waals surface area contributed by atoms with E-state index >= 15 is 0 Å². The molecule has 2 atom stereocenters. The number of hydrogen-bond donors (Lipinski definition) is 1. The fourth-order valence-corrected chi connectivity index (χ4v) is 5.53. The molecule has 0 saturated carbocycles. The fraction of sp³-hybridized carbons (Fsp3) is 0.571. The Hall–Kier alpha value is -0.790. The smallest absolute Gasteiger partial charge is 0.162 e. The van der Waals surface area contributed by atoms with Crippen molar-refractivity contribution in [2.24, 2.45) is 5.73 Å². The quantitative estimate of drug-likeness (QED) is 0.856. The lowest BCUT2D eigenvalue weighted by Crippen LogP contribution is -2.38. The molecule has 0 radical (unpaired) electrons. The van der Waals surface area contributed by atoms with Crippen molar-refractivity contribution in [3.8, 4) is 11.5 Å². The second-order valence-corrected chi connectivity index (χ2v) is 8.64. The van der Waals surface area contributed by atoms with Crippen molar-refractivity contribution in [3.05, 3.63) is 22.2 Å². The van der Waals surface area contributed by atoms with Crippen LogP contribution in [0.2, 0.25) is 0 Å². The monoisotopic (exact) mass is 375 g/mol. The van der Waals surface area contributed by atoms with Crippen molar-refractivity contribution in [2.75, 3.05) is 19.0 Å². The molecule has 21 heavy (non-hydrogen) atoms. The topological polar surface area (TPSA) is 78.6 Å². The normalized spacial score (nSPS) is 25.3. The highest BCUT2D eigenvalue weighted by atomic mass is 79.9. The van der Waals surface area contributed by atoms with Gasteiger partial charge in [0.2, 0.25) is 0 Å². The van der Waals surface area contributed by atoms with E-state index in [2.05, 4.69) is 15.9 Å². The Labute approximate surface area is 132 Å². The van der Waals surface area contributed by atoms with Crippen LogP contribution < -0.4 is 15.2 Å². The lowest BCUT2D eigenvalue weighted by Gasteiger charge is -2.29. The summed E-state index contributed by atoms with van der Waals surface area (Å²) in [6.07, 6.45) is 2.25. The molecule has 1 aromatic carbocycles. The zero-order chi connectivity index (χ0) is 15.0. The molecule has 116 valence electrons. The van der Waals surface area contributed by atoms with E-state index in [1.165, 1.54) is 0 Å². The number of ether oxygens (including phenoxy) is 2. The SMILES string of the molecule is NC(c1cc2c(cc1Br)OCCO2)C1CCCCS1(=O)=O. The molecular formula is C14H18BrNO4S. The molecule has 0 aliphatic carbocycles. The van der Waals surface area contributed by atoms with Gasteiger partial charge < -0.3 is 15.2 Å². The molecular weight excluding hydrogens is 358 g/mol. The second kappa shape index (κ2) is 5.78. The van der Waals surface area contributed by atoms with Crippen molar-refractivity contribution >= 4 is 25.8 Å². The van der Waals surface area contributed by atoms with Crippen LogP contribution in [-0.2, 0) is 9.84 Å². The van der Waals surface area contributed by atoms with Gasteiger partial charge in [0.25, 0.3) is 0 Å². The maximum atomic E-state index is 12.2. The lowest BCUT2D eigenvalue weighted by atomic mass is 9.99. The van der Waals surface area contributed by atoms with Crippen LogP contribution >= 0.6 is 15.9 Å². The summed E-state index contributed by atoms with van der Waals surface area (Å²) in [5.74, 6) is 1.52. The molecule has 2 aliphatic rings. The summed E-state index contributed by atoms with van der Waals surface area (Å²) in [5, 5.41) is -0.523. The highest BCUT2D eigenvalue weighted by molar-refractivity contribution is 9.10. The summed E-state index contributed by atoms with van der Waals surface area (Å²) < 4.78 is 36.3. The number of hydrogen-bond acceptors (Lipinski definition) is 5. The molecule has 7 heteroatoms. The number of sulfone groups is 1. The summed E-state index contributed by atoms with van der Waals surface area (Å²) in [6.45, 7) is 1.01. The van der Waals surface area contributed by atoms with E-state index in [1.807, 2.05) is 0 Å². The van der Waals surface area contributed by atoms with Gasteiger partial charge in [0.05, 0.1) is 11.0 Å². The first kappa shape index (κ1) is 15.1. The molecule has 3 rings (SSSR count). The summed E-state index contributed by atoms with van der Waals surface area (Å²) in [7, 11) is -3.13.